The predicted molar refractivity (Wildman–Crippen MR) is 122 cm³/mol. The fourth-order valence-corrected chi connectivity index (χ4v) is 8.74. The quantitative estimate of drug-likeness (QED) is 0.502. The number of esters is 1. The van der Waals surface area contributed by atoms with Crippen molar-refractivity contribution in [2.24, 2.45) is 5.16 Å². The highest BCUT2D eigenvalue weighted by Gasteiger charge is 2.55. The van der Waals surface area contributed by atoms with Gasteiger partial charge in [0.1, 0.15) is 0 Å². The first-order valence-corrected chi connectivity index (χ1v) is 12.3. The second-order valence-corrected chi connectivity index (χ2v) is 13.1. The lowest BCUT2D eigenvalue weighted by Gasteiger charge is -2.44. The maximum absolute atomic E-state index is 12.9. The first kappa shape index (κ1) is 22.2. The third-order valence-electron chi connectivity index (χ3n) is 5.50. The normalized spacial score (nSPS) is 19.2. The summed E-state index contributed by atoms with van der Waals surface area (Å²) < 4.78 is 12.2. The van der Waals surface area contributed by atoms with Gasteiger partial charge in [-0.15, -0.1) is 0 Å². The molecule has 0 fully saturated rings. The number of carbonyl (C=O) groups excluding carboxylic acids is 1. The molecule has 0 saturated heterocycles. The predicted octanol–water partition coefficient (Wildman–Crippen LogP) is 3.66. The average molecular weight is 426 g/mol. The molecule has 0 spiro atoms. The highest BCUT2D eigenvalue weighted by Crippen LogP contribution is 2.38. The maximum atomic E-state index is 12.9. The lowest BCUT2D eigenvalue weighted by Crippen LogP contribution is -2.68. The van der Waals surface area contributed by atoms with Gasteiger partial charge < -0.3 is 14.0 Å². The Hall–Kier alpha value is -2.44. The van der Waals surface area contributed by atoms with Crippen LogP contribution in [0.15, 0.2) is 65.8 Å². The topological polar surface area (TPSA) is 57.1 Å². The van der Waals surface area contributed by atoms with Crippen molar-refractivity contribution in [2.45, 2.75) is 51.7 Å². The molecule has 1 unspecified atom stereocenters. The summed E-state index contributed by atoms with van der Waals surface area (Å²) >= 11 is 0. The third-order valence-corrected chi connectivity index (χ3v) is 10.5. The summed E-state index contributed by atoms with van der Waals surface area (Å²) in [7, 11) is -2.79. The molecule has 160 valence electrons. The van der Waals surface area contributed by atoms with Crippen LogP contribution in [0.4, 0.5) is 0 Å². The minimum atomic E-state index is -2.79. The molecule has 2 aromatic carbocycles. The summed E-state index contributed by atoms with van der Waals surface area (Å²) in [5.41, 5.74) is -0.484. The molecule has 0 N–H and O–H groups in total. The molecule has 0 bridgehead atoms. The van der Waals surface area contributed by atoms with Crippen molar-refractivity contribution in [3.05, 3.63) is 60.7 Å². The van der Waals surface area contributed by atoms with Crippen LogP contribution in [0.2, 0.25) is 5.04 Å². The molecule has 2 aromatic rings. The van der Waals surface area contributed by atoms with Gasteiger partial charge in [-0.2, -0.15) is 0 Å². The van der Waals surface area contributed by atoms with Crippen LogP contribution in [0.5, 0.6) is 0 Å². The van der Waals surface area contributed by atoms with E-state index in [1.165, 1.54) is 0 Å². The van der Waals surface area contributed by atoms with Crippen LogP contribution in [0.1, 0.15) is 41.0 Å². The molecule has 0 aromatic heterocycles. The van der Waals surface area contributed by atoms with Gasteiger partial charge in [-0.05, 0) is 29.3 Å². The van der Waals surface area contributed by atoms with Gasteiger partial charge in [-0.3, -0.25) is 0 Å². The zero-order valence-electron chi connectivity index (χ0n) is 18.5. The lowest BCUT2D eigenvalue weighted by atomic mass is 9.99. The van der Waals surface area contributed by atoms with Crippen molar-refractivity contribution in [1.29, 1.82) is 0 Å². The van der Waals surface area contributed by atoms with Gasteiger partial charge in [0.05, 0.1) is 18.9 Å². The van der Waals surface area contributed by atoms with Gasteiger partial charge >= 0.3 is 5.97 Å². The van der Waals surface area contributed by atoms with E-state index in [4.69, 9.17) is 14.0 Å². The highest BCUT2D eigenvalue weighted by molar-refractivity contribution is 6.99. The first-order valence-electron chi connectivity index (χ1n) is 10.4. The number of ether oxygens (including phenoxy) is 1. The van der Waals surface area contributed by atoms with E-state index in [0.717, 1.165) is 16.1 Å². The minimum Gasteiger partial charge on any atom is -0.463 e. The average Bonchev–Trinajstić information content (AvgIpc) is 3.11. The Morgan fingerprint density at radius 3 is 2.00 bits per heavy atom. The van der Waals surface area contributed by atoms with E-state index < -0.39 is 19.9 Å². The Morgan fingerprint density at radius 1 is 1.07 bits per heavy atom. The number of oxime groups is 1. The number of carbonyl (C=O) groups is 1. The molecule has 0 saturated carbocycles. The van der Waals surface area contributed by atoms with Crippen LogP contribution in [0.3, 0.4) is 0 Å². The maximum Gasteiger partial charge on any atom is 0.356 e. The summed E-state index contributed by atoms with van der Waals surface area (Å²) in [5.74, 6) is -0.427. The summed E-state index contributed by atoms with van der Waals surface area (Å²) in [5, 5.41) is 6.16. The summed E-state index contributed by atoms with van der Waals surface area (Å²) in [6.07, 6.45) is 0.365. The molecular weight excluding hydrogens is 394 g/mol. The fraction of sp³-hybridized carbons (Fsp3) is 0.417. The van der Waals surface area contributed by atoms with E-state index >= 15 is 0 Å². The Labute approximate surface area is 180 Å². The van der Waals surface area contributed by atoms with E-state index in [2.05, 4.69) is 50.2 Å². The molecule has 0 aliphatic carbocycles. The zero-order chi connectivity index (χ0) is 21.8. The largest absolute Gasteiger partial charge is 0.463 e. The fourth-order valence-electron chi connectivity index (χ4n) is 4.14. The second-order valence-electron chi connectivity index (χ2n) is 8.76. The second kappa shape index (κ2) is 8.74. The Balaban J connectivity index is 2.08. The van der Waals surface area contributed by atoms with Gasteiger partial charge in [0, 0.05) is 6.42 Å². The molecular formula is C24H31NO4Si. The van der Waals surface area contributed by atoms with Crippen molar-refractivity contribution in [3.63, 3.8) is 0 Å². The molecule has 1 heterocycles. The van der Waals surface area contributed by atoms with Crippen LogP contribution in [-0.2, 0) is 18.8 Å². The molecule has 1 atom stereocenters. The Morgan fingerprint density at radius 2 is 1.60 bits per heavy atom. The summed E-state index contributed by atoms with van der Waals surface area (Å²) in [6.45, 7) is 10.6. The number of rotatable bonds is 7. The van der Waals surface area contributed by atoms with Crippen molar-refractivity contribution >= 4 is 30.4 Å². The van der Waals surface area contributed by atoms with Crippen molar-refractivity contribution in [2.75, 3.05) is 13.2 Å². The smallest absolute Gasteiger partial charge is 0.356 e. The van der Waals surface area contributed by atoms with Crippen LogP contribution in [0, 0.1) is 0 Å². The van der Waals surface area contributed by atoms with Gasteiger partial charge in [-0.1, -0.05) is 86.6 Å². The summed E-state index contributed by atoms with van der Waals surface area (Å²) in [4.78, 5) is 18.5. The molecule has 0 radical (unpaired) electrons. The molecule has 1 aliphatic heterocycles. The molecule has 30 heavy (non-hydrogen) atoms. The van der Waals surface area contributed by atoms with Gasteiger partial charge in [-0.25, -0.2) is 4.79 Å². The summed E-state index contributed by atoms with van der Waals surface area (Å²) in [6, 6.07) is 20.7. The van der Waals surface area contributed by atoms with E-state index in [-0.39, 0.29) is 18.3 Å². The van der Waals surface area contributed by atoms with Gasteiger partial charge in [0.2, 0.25) is 0 Å². The zero-order valence-corrected chi connectivity index (χ0v) is 19.5. The van der Waals surface area contributed by atoms with Crippen molar-refractivity contribution in [3.8, 4) is 0 Å². The van der Waals surface area contributed by atoms with E-state index in [1.54, 1.807) is 6.92 Å². The molecule has 0 amide bonds. The van der Waals surface area contributed by atoms with Gasteiger partial charge in [0.25, 0.3) is 13.9 Å². The van der Waals surface area contributed by atoms with Crippen molar-refractivity contribution < 1.29 is 18.8 Å². The van der Waals surface area contributed by atoms with E-state index in [0.29, 0.717) is 6.42 Å². The van der Waals surface area contributed by atoms with Crippen LogP contribution in [-0.4, -0.2) is 38.8 Å². The SMILES string of the molecule is CCOC(=O)C1(CO[Si](c2ccccc2)(c2ccccc2)C(C)(C)C)CC(C)=NO1. The number of benzene rings is 2. The Bertz CT molecular complexity index is 853. The number of hydrogen-bond donors (Lipinski definition) is 0. The molecule has 6 heteroatoms. The van der Waals surface area contributed by atoms with Crippen molar-refractivity contribution in [1.82, 2.24) is 0 Å². The number of hydrogen-bond acceptors (Lipinski definition) is 5. The number of nitrogens with zero attached hydrogens (tertiary/aromatic N) is 1. The van der Waals surface area contributed by atoms with E-state index in [1.807, 2.05) is 43.3 Å². The monoisotopic (exact) mass is 425 g/mol. The van der Waals surface area contributed by atoms with Crippen LogP contribution in [0.25, 0.3) is 0 Å². The van der Waals surface area contributed by atoms with Crippen LogP contribution >= 0.6 is 0 Å². The third kappa shape index (κ3) is 4.07. The van der Waals surface area contributed by atoms with Crippen LogP contribution < -0.4 is 10.4 Å². The van der Waals surface area contributed by atoms with E-state index in [9.17, 15) is 4.79 Å². The Kier molecular flexibility index (Phi) is 6.48. The standard InChI is InChI=1S/C24H31NO4Si/c1-6-27-22(26)24(17-19(2)25-29-24)18-28-30(23(3,4)5,20-13-9-7-10-14-20)21-15-11-8-12-16-21/h7-16H,6,17-18H2,1-5H3. The lowest BCUT2D eigenvalue weighted by molar-refractivity contribution is -0.173. The molecule has 5 nitrogen and oxygen atoms in total. The van der Waals surface area contributed by atoms with Gasteiger partial charge in [0.15, 0.2) is 0 Å². The molecule has 1 aliphatic rings. The molecule has 3 rings (SSSR count). The highest BCUT2D eigenvalue weighted by atomic mass is 28.4. The minimum absolute atomic E-state index is 0.0833. The first-order chi connectivity index (χ1) is 14.2.